The van der Waals surface area contributed by atoms with Gasteiger partial charge in [0.1, 0.15) is 0 Å². The zero-order chi connectivity index (χ0) is 21.6. The number of anilines is 2. The maximum Gasteiger partial charge on any atom is 0.357 e. The van der Waals surface area contributed by atoms with Gasteiger partial charge in [0, 0.05) is 36.8 Å². The van der Waals surface area contributed by atoms with Crippen molar-refractivity contribution >= 4 is 34.3 Å². The number of hydrogen-bond acceptors (Lipinski definition) is 8. The van der Waals surface area contributed by atoms with Gasteiger partial charge in [-0.3, -0.25) is 4.79 Å². The Morgan fingerprint density at radius 1 is 1.19 bits per heavy atom. The highest BCUT2D eigenvalue weighted by Gasteiger charge is 2.28. The fourth-order valence-electron chi connectivity index (χ4n) is 3.60. The molecule has 4 rings (SSSR count). The van der Waals surface area contributed by atoms with Crippen LogP contribution in [0.4, 0.5) is 11.1 Å². The number of hydrogen-bond donors (Lipinski definition) is 1. The maximum atomic E-state index is 12.9. The molecule has 31 heavy (non-hydrogen) atoms. The number of ether oxygens (including phenoxy) is 1. The molecule has 0 bridgehead atoms. The van der Waals surface area contributed by atoms with Crippen molar-refractivity contribution < 1.29 is 14.3 Å². The molecule has 8 nitrogen and oxygen atoms in total. The highest BCUT2D eigenvalue weighted by atomic mass is 32.1. The summed E-state index contributed by atoms with van der Waals surface area (Å²) < 4.78 is 4.88. The van der Waals surface area contributed by atoms with Crippen LogP contribution in [-0.4, -0.2) is 47.0 Å². The molecular formula is C22H23N5O3S. The van der Waals surface area contributed by atoms with E-state index in [1.165, 1.54) is 18.4 Å². The van der Waals surface area contributed by atoms with Gasteiger partial charge in [0.2, 0.25) is 11.9 Å². The smallest absolute Gasteiger partial charge is 0.357 e. The first-order valence-electron chi connectivity index (χ1n) is 10.1. The molecule has 0 saturated carbocycles. The van der Waals surface area contributed by atoms with Crippen molar-refractivity contribution in [2.24, 2.45) is 5.92 Å². The number of nitrogens with one attached hydrogen (secondary N) is 1. The summed E-state index contributed by atoms with van der Waals surface area (Å²) in [5, 5.41) is 3.31. The van der Waals surface area contributed by atoms with Crippen molar-refractivity contribution in [1.29, 1.82) is 0 Å². The van der Waals surface area contributed by atoms with Crippen LogP contribution >= 0.6 is 11.3 Å². The van der Waals surface area contributed by atoms with Crippen LogP contribution in [0.25, 0.3) is 0 Å². The minimum atomic E-state index is -0.507. The van der Waals surface area contributed by atoms with E-state index in [-0.39, 0.29) is 17.5 Å². The SMILES string of the molecule is COC(=O)c1nc(NC(=O)[C@@H]2CCCN(c3ncccn3)C2)sc1Cc1ccccc1. The number of esters is 1. The molecule has 1 N–H and O–H groups in total. The molecule has 9 heteroatoms. The average molecular weight is 438 g/mol. The first-order valence-corrected chi connectivity index (χ1v) is 10.9. The number of methoxy groups -OCH3 is 1. The van der Waals surface area contributed by atoms with Gasteiger partial charge < -0.3 is 15.0 Å². The Labute approximate surface area is 184 Å². The molecule has 1 aromatic carbocycles. The molecular weight excluding hydrogens is 414 g/mol. The highest BCUT2D eigenvalue weighted by Crippen LogP contribution is 2.28. The van der Waals surface area contributed by atoms with Gasteiger partial charge in [0.05, 0.1) is 13.0 Å². The lowest BCUT2D eigenvalue weighted by atomic mass is 9.97. The predicted molar refractivity (Wildman–Crippen MR) is 118 cm³/mol. The van der Waals surface area contributed by atoms with Crippen molar-refractivity contribution in [2.75, 3.05) is 30.4 Å². The van der Waals surface area contributed by atoms with E-state index in [4.69, 9.17) is 4.74 Å². The number of amides is 1. The first-order chi connectivity index (χ1) is 15.1. The summed E-state index contributed by atoms with van der Waals surface area (Å²) >= 11 is 1.31. The summed E-state index contributed by atoms with van der Waals surface area (Å²) in [4.78, 5) is 40.9. The van der Waals surface area contributed by atoms with Gasteiger partial charge in [0.25, 0.3) is 0 Å². The molecule has 1 saturated heterocycles. The van der Waals surface area contributed by atoms with Gasteiger partial charge in [-0.25, -0.2) is 19.7 Å². The Morgan fingerprint density at radius 2 is 1.97 bits per heavy atom. The van der Waals surface area contributed by atoms with Crippen LogP contribution in [0.1, 0.15) is 33.8 Å². The molecule has 0 spiro atoms. The lowest BCUT2D eigenvalue weighted by Crippen LogP contribution is -2.41. The average Bonchev–Trinajstić information content (AvgIpc) is 3.21. The number of carbonyl (C=O) groups is 2. The van der Waals surface area contributed by atoms with Crippen molar-refractivity contribution in [2.45, 2.75) is 19.3 Å². The molecule has 1 aliphatic heterocycles. The summed E-state index contributed by atoms with van der Waals surface area (Å²) in [6, 6.07) is 11.6. The van der Waals surface area contributed by atoms with Crippen molar-refractivity contribution in [3.8, 4) is 0 Å². The second-order valence-electron chi connectivity index (χ2n) is 7.27. The second kappa shape index (κ2) is 9.65. The van der Waals surface area contributed by atoms with Gasteiger partial charge in [-0.2, -0.15) is 0 Å². The molecule has 0 radical (unpaired) electrons. The summed E-state index contributed by atoms with van der Waals surface area (Å²) in [5.74, 6) is -0.196. The lowest BCUT2D eigenvalue weighted by molar-refractivity contribution is -0.120. The van der Waals surface area contributed by atoms with Crippen LogP contribution < -0.4 is 10.2 Å². The maximum absolute atomic E-state index is 12.9. The van der Waals surface area contributed by atoms with E-state index < -0.39 is 5.97 Å². The summed E-state index contributed by atoms with van der Waals surface area (Å²) in [6.45, 7) is 1.36. The zero-order valence-electron chi connectivity index (χ0n) is 17.2. The summed E-state index contributed by atoms with van der Waals surface area (Å²) in [7, 11) is 1.33. The van der Waals surface area contributed by atoms with Gasteiger partial charge in [-0.05, 0) is 24.5 Å². The Morgan fingerprint density at radius 3 is 2.71 bits per heavy atom. The molecule has 1 fully saturated rings. The van der Waals surface area contributed by atoms with E-state index in [1.54, 1.807) is 18.5 Å². The number of piperidine rings is 1. The Balaban J connectivity index is 1.48. The van der Waals surface area contributed by atoms with Gasteiger partial charge in [-0.1, -0.05) is 30.3 Å². The van der Waals surface area contributed by atoms with E-state index in [0.717, 1.165) is 29.8 Å². The van der Waals surface area contributed by atoms with E-state index >= 15 is 0 Å². The van der Waals surface area contributed by atoms with Gasteiger partial charge in [0.15, 0.2) is 10.8 Å². The monoisotopic (exact) mass is 437 g/mol. The minimum Gasteiger partial charge on any atom is -0.464 e. The Kier molecular flexibility index (Phi) is 6.51. The molecule has 1 amide bonds. The molecule has 1 aliphatic rings. The zero-order valence-corrected chi connectivity index (χ0v) is 18.0. The molecule has 0 aliphatic carbocycles. The van der Waals surface area contributed by atoms with Crippen LogP contribution in [0.5, 0.6) is 0 Å². The largest absolute Gasteiger partial charge is 0.464 e. The number of benzene rings is 1. The number of thiazole rings is 1. The van der Waals surface area contributed by atoms with Gasteiger partial charge in [-0.15, -0.1) is 11.3 Å². The van der Waals surface area contributed by atoms with Crippen molar-refractivity contribution in [1.82, 2.24) is 15.0 Å². The number of carbonyl (C=O) groups excluding carboxylic acids is 2. The van der Waals surface area contributed by atoms with Crippen molar-refractivity contribution in [3.05, 3.63) is 64.9 Å². The van der Waals surface area contributed by atoms with Crippen LogP contribution in [-0.2, 0) is 16.0 Å². The van der Waals surface area contributed by atoms with Crippen LogP contribution in [0, 0.1) is 5.92 Å². The molecule has 160 valence electrons. The summed E-state index contributed by atoms with van der Waals surface area (Å²) in [5.41, 5.74) is 1.30. The third-order valence-corrected chi connectivity index (χ3v) is 6.11. The van der Waals surface area contributed by atoms with E-state index in [0.29, 0.717) is 24.0 Å². The van der Waals surface area contributed by atoms with Gasteiger partial charge >= 0.3 is 5.97 Å². The number of nitrogens with zero attached hydrogens (tertiary/aromatic N) is 4. The van der Waals surface area contributed by atoms with Crippen LogP contribution in [0.2, 0.25) is 0 Å². The second-order valence-corrected chi connectivity index (χ2v) is 8.35. The fourth-order valence-corrected chi connectivity index (χ4v) is 4.58. The van der Waals surface area contributed by atoms with E-state index in [1.807, 2.05) is 35.2 Å². The molecule has 3 heterocycles. The third-order valence-electron chi connectivity index (χ3n) is 5.14. The quantitative estimate of drug-likeness (QED) is 0.592. The topological polar surface area (TPSA) is 97.3 Å². The normalized spacial score (nSPS) is 16.0. The fraction of sp³-hybridized carbons (Fsp3) is 0.318. The first kappa shape index (κ1) is 20.9. The van der Waals surface area contributed by atoms with E-state index in [2.05, 4.69) is 20.3 Å². The Bertz CT molecular complexity index is 1040. The predicted octanol–water partition coefficient (Wildman–Crippen LogP) is 3.17. The molecule has 3 aromatic rings. The molecule has 2 aromatic heterocycles. The standard InChI is InChI=1S/C22H23N5O3S/c1-30-20(29)18-17(13-15-7-3-2-4-8-15)31-22(25-18)26-19(28)16-9-5-12-27(14-16)21-23-10-6-11-24-21/h2-4,6-8,10-11,16H,5,9,12-14H2,1H3,(H,25,26,28)/t16-/m1/s1. The van der Waals surface area contributed by atoms with Crippen molar-refractivity contribution in [3.63, 3.8) is 0 Å². The highest BCUT2D eigenvalue weighted by molar-refractivity contribution is 7.16. The minimum absolute atomic E-state index is 0.114. The van der Waals surface area contributed by atoms with Crippen LogP contribution in [0.3, 0.4) is 0 Å². The third kappa shape index (κ3) is 5.05. The lowest BCUT2D eigenvalue weighted by Gasteiger charge is -2.31. The summed E-state index contributed by atoms with van der Waals surface area (Å²) in [6.07, 6.45) is 5.60. The number of rotatable bonds is 6. The van der Waals surface area contributed by atoms with Crippen LogP contribution in [0.15, 0.2) is 48.8 Å². The molecule has 0 unspecified atom stereocenters. The Hall–Kier alpha value is -3.33. The molecule has 1 atom stereocenters. The number of aromatic nitrogens is 3. The van der Waals surface area contributed by atoms with E-state index in [9.17, 15) is 9.59 Å².